The Hall–Kier alpha value is -3.31. The van der Waals surface area contributed by atoms with E-state index in [0.29, 0.717) is 17.0 Å². The van der Waals surface area contributed by atoms with Gasteiger partial charge in [0.1, 0.15) is 9.96 Å². The van der Waals surface area contributed by atoms with Gasteiger partial charge < -0.3 is 10.1 Å². The van der Waals surface area contributed by atoms with Gasteiger partial charge in [0.05, 0.1) is 19.0 Å². The summed E-state index contributed by atoms with van der Waals surface area (Å²) in [7, 11) is -2.32. The minimum atomic E-state index is -3.83. The van der Waals surface area contributed by atoms with Crippen LogP contribution >= 0.6 is 11.3 Å². The molecule has 172 valence electrons. The number of ether oxygens (including phenoxy) is 1. The second-order valence-corrected chi connectivity index (χ2v) is 10.6. The summed E-state index contributed by atoms with van der Waals surface area (Å²) in [6.45, 7) is 0. The van der Waals surface area contributed by atoms with Gasteiger partial charge in [-0.1, -0.05) is 30.2 Å². The van der Waals surface area contributed by atoms with Crippen LogP contribution in [-0.4, -0.2) is 37.3 Å². The molecule has 2 N–H and O–H groups in total. The Morgan fingerprint density at radius 3 is 2.58 bits per heavy atom. The zero-order valence-electron chi connectivity index (χ0n) is 17.8. The van der Waals surface area contributed by atoms with Crippen LogP contribution in [0.25, 0.3) is 0 Å². The molecule has 0 spiro atoms. The average Bonchev–Trinajstić information content (AvgIpc) is 3.52. The van der Waals surface area contributed by atoms with Crippen LogP contribution in [-0.2, 0) is 9.84 Å². The molecule has 4 rings (SSSR count). The molecule has 1 aliphatic carbocycles. The maximum atomic E-state index is 13.0. The number of nitrogens with zero attached hydrogens (tertiary/aromatic N) is 2. The number of nitrogens with one attached hydrogen (secondary N) is 2. The number of Topliss-reactive ketones (excluding diaryl/α,β-unsaturated/α-hetero) is 1. The summed E-state index contributed by atoms with van der Waals surface area (Å²) in [6.07, 6.45) is 6.24. The highest BCUT2D eigenvalue weighted by molar-refractivity contribution is 7.93. The molecule has 33 heavy (non-hydrogen) atoms. The number of carbonyl (C=O) groups is 2. The van der Waals surface area contributed by atoms with E-state index in [1.165, 1.54) is 25.6 Å². The van der Waals surface area contributed by atoms with E-state index in [0.717, 1.165) is 37.0 Å². The maximum Gasteiger partial charge on any atom is 0.325 e. The quantitative estimate of drug-likeness (QED) is 0.474. The number of ketones is 1. The minimum absolute atomic E-state index is 0.0281. The van der Waals surface area contributed by atoms with Crippen molar-refractivity contribution in [1.82, 2.24) is 9.97 Å². The summed E-state index contributed by atoms with van der Waals surface area (Å²) >= 11 is 0.813. The first kappa shape index (κ1) is 22.9. The number of aromatic nitrogens is 2. The zero-order chi connectivity index (χ0) is 23.4. The molecule has 2 amide bonds. The summed E-state index contributed by atoms with van der Waals surface area (Å²) in [4.78, 5) is 33.5. The molecule has 1 fully saturated rings. The Labute approximate surface area is 195 Å². The molecule has 11 heteroatoms. The third kappa shape index (κ3) is 5.04. The summed E-state index contributed by atoms with van der Waals surface area (Å²) < 4.78 is 30.5. The van der Waals surface area contributed by atoms with Gasteiger partial charge in [-0.2, -0.15) is 0 Å². The molecule has 9 nitrogen and oxygen atoms in total. The lowest BCUT2D eigenvalue weighted by Crippen LogP contribution is -2.22. The number of sulfone groups is 1. The van der Waals surface area contributed by atoms with Crippen molar-refractivity contribution in [2.24, 2.45) is 5.92 Å². The van der Waals surface area contributed by atoms with Gasteiger partial charge in [0.15, 0.2) is 15.9 Å². The summed E-state index contributed by atoms with van der Waals surface area (Å²) in [5.74, 6) is 0.422. The van der Waals surface area contributed by atoms with E-state index >= 15 is 0 Å². The Bertz CT molecular complexity index is 1270. The fourth-order valence-corrected chi connectivity index (χ4v) is 6.00. The molecular formula is C22H22N4O5S2. The zero-order valence-corrected chi connectivity index (χ0v) is 19.4. The van der Waals surface area contributed by atoms with Crippen molar-refractivity contribution < 1.29 is 22.7 Å². The lowest BCUT2D eigenvalue weighted by molar-refractivity contribution is 0.0923. The van der Waals surface area contributed by atoms with E-state index in [9.17, 15) is 18.0 Å². The smallest absolute Gasteiger partial charge is 0.325 e. The molecule has 0 unspecified atom stereocenters. The third-order valence-electron chi connectivity index (χ3n) is 5.35. The lowest BCUT2D eigenvalue weighted by Gasteiger charge is -2.15. The SMILES string of the molecule is COc1ccc(NC(=O)Nc2ncc(S(=O)(=O)c3ccccn3)s2)c(C(=O)C2CCCC2)c1. The third-order valence-corrected chi connectivity index (χ3v) is 8.39. The standard InChI is InChI=1S/C22H22N4O5S2/c1-31-15-9-10-17(16(12-15)20(27)14-6-2-3-7-14)25-21(28)26-22-24-13-19(32-22)33(29,30)18-8-4-5-11-23-18/h4-5,8-14H,2-3,6-7H2,1H3,(H2,24,25,26,28). The molecule has 0 aliphatic heterocycles. The Morgan fingerprint density at radius 1 is 1.09 bits per heavy atom. The highest BCUT2D eigenvalue weighted by atomic mass is 32.2. The van der Waals surface area contributed by atoms with Gasteiger partial charge in [-0.05, 0) is 43.2 Å². The van der Waals surface area contributed by atoms with Crippen LogP contribution in [0, 0.1) is 5.92 Å². The Kier molecular flexibility index (Phi) is 6.70. The molecule has 0 atom stereocenters. The first-order chi connectivity index (χ1) is 15.9. The van der Waals surface area contributed by atoms with Crippen LogP contribution < -0.4 is 15.4 Å². The number of urea groups is 1. The van der Waals surface area contributed by atoms with Crippen molar-refractivity contribution in [2.45, 2.75) is 34.9 Å². The number of anilines is 2. The molecular weight excluding hydrogens is 464 g/mol. The number of rotatable bonds is 7. The van der Waals surface area contributed by atoms with Gasteiger partial charge in [0.25, 0.3) is 0 Å². The predicted octanol–water partition coefficient (Wildman–Crippen LogP) is 4.40. The summed E-state index contributed by atoms with van der Waals surface area (Å²) in [5.41, 5.74) is 0.733. The molecule has 0 bridgehead atoms. The average molecular weight is 487 g/mol. The molecule has 1 aliphatic rings. The van der Waals surface area contributed by atoms with Crippen molar-refractivity contribution in [2.75, 3.05) is 17.7 Å². The van der Waals surface area contributed by atoms with E-state index in [1.807, 2.05) is 0 Å². The molecule has 1 saturated carbocycles. The summed E-state index contributed by atoms with van der Waals surface area (Å²) in [6, 6.07) is 8.83. The number of benzene rings is 1. The van der Waals surface area contributed by atoms with Crippen LogP contribution in [0.1, 0.15) is 36.0 Å². The molecule has 0 saturated heterocycles. The van der Waals surface area contributed by atoms with E-state index in [1.54, 1.807) is 30.3 Å². The second kappa shape index (κ2) is 9.67. The van der Waals surface area contributed by atoms with Crippen LogP contribution in [0.5, 0.6) is 5.75 Å². The fraction of sp³-hybridized carbons (Fsp3) is 0.273. The topological polar surface area (TPSA) is 127 Å². The summed E-state index contributed by atoms with van der Waals surface area (Å²) in [5, 5.41) is 5.20. The number of methoxy groups -OCH3 is 1. The number of pyridine rings is 1. The number of thiazole rings is 1. The van der Waals surface area contributed by atoms with Gasteiger partial charge in [0.2, 0.25) is 9.84 Å². The van der Waals surface area contributed by atoms with Gasteiger partial charge in [0, 0.05) is 17.7 Å². The van der Waals surface area contributed by atoms with Crippen LogP contribution in [0.4, 0.5) is 15.6 Å². The van der Waals surface area contributed by atoms with Crippen LogP contribution in [0.2, 0.25) is 0 Å². The van der Waals surface area contributed by atoms with E-state index < -0.39 is 15.9 Å². The minimum Gasteiger partial charge on any atom is -0.497 e. The van der Waals surface area contributed by atoms with E-state index in [2.05, 4.69) is 20.6 Å². The van der Waals surface area contributed by atoms with Gasteiger partial charge in [-0.25, -0.2) is 23.2 Å². The van der Waals surface area contributed by atoms with Crippen LogP contribution in [0.15, 0.2) is 58.0 Å². The fourth-order valence-electron chi connectivity index (χ4n) is 3.67. The highest BCUT2D eigenvalue weighted by Crippen LogP contribution is 2.32. The van der Waals surface area contributed by atoms with E-state index in [4.69, 9.17) is 4.74 Å². The predicted molar refractivity (Wildman–Crippen MR) is 124 cm³/mol. The second-order valence-electron chi connectivity index (χ2n) is 7.49. The largest absolute Gasteiger partial charge is 0.497 e. The number of hydrogen-bond donors (Lipinski definition) is 2. The van der Waals surface area contributed by atoms with Crippen molar-refractivity contribution in [1.29, 1.82) is 0 Å². The van der Waals surface area contributed by atoms with Crippen molar-refractivity contribution in [3.63, 3.8) is 0 Å². The Morgan fingerprint density at radius 2 is 1.88 bits per heavy atom. The van der Waals surface area contributed by atoms with Gasteiger partial charge >= 0.3 is 6.03 Å². The molecule has 2 aromatic heterocycles. The number of amides is 2. The van der Waals surface area contributed by atoms with Crippen molar-refractivity contribution in [3.05, 3.63) is 54.4 Å². The molecule has 1 aromatic carbocycles. The first-order valence-corrected chi connectivity index (χ1v) is 12.6. The maximum absolute atomic E-state index is 13.0. The molecule has 3 aromatic rings. The molecule has 2 heterocycles. The van der Waals surface area contributed by atoms with Gasteiger partial charge in [-0.3, -0.25) is 10.1 Å². The van der Waals surface area contributed by atoms with Gasteiger partial charge in [-0.15, -0.1) is 0 Å². The number of carbonyl (C=O) groups excluding carboxylic acids is 2. The highest BCUT2D eigenvalue weighted by Gasteiger charge is 2.27. The lowest BCUT2D eigenvalue weighted by atomic mass is 9.95. The molecule has 0 radical (unpaired) electrons. The Balaban J connectivity index is 1.50. The first-order valence-electron chi connectivity index (χ1n) is 10.3. The van der Waals surface area contributed by atoms with E-state index in [-0.39, 0.29) is 26.1 Å². The normalized spacial score (nSPS) is 14.1. The van der Waals surface area contributed by atoms with Crippen LogP contribution in [0.3, 0.4) is 0 Å². The number of hydrogen-bond acceptors (Lipinski definition) is 8. The monoisotopic (exact) mass is 486 g/mol. The van der Waals surface area contributed by atoms with Crippen molar-refractivity contribution in [3.8, 4) is 5.75 Å². The van der Waals surface area contributed by atoms with Crippen molar-refractivity contribution >= 4 is 43.8 Å².